The maximum atomic E-state index is 12.1. The predicted octanol–water partition coefficient (Wildman–Crippen LogP) is 3.85. The van der Waals surface area contributed by atoms with E-state index in [0.717, 1.165) is 0 Å². The van der Waals surface area contributed by atoms with Gasteiger partial charge >= 0.3 is 11.9 Å². The van der Waals surface area contributed by atoms with Crippen LogP contribution in [-0.4, -0.2) is 31.8 Å². The zero-order valence-corrected chi connectivity index (χ0v) is 16.5. The van der Waals surface area contributed by atoms with E-state index in [0.29, 0.717) is 6.61 Å². The van der Waals surface area contributed by atoms with Crippen molar-refractivity contribution in [1.82, 2.24) is 0 Å². The Kier molecular flexibility index (Phi) is 8.38. The Morgan fingerprint density at radius 3 is 1.63 bits per heavy atom. The molecule has 0 fully saturated rings. The molecule has 0 heterocycles. The van der Waals surface area contributed by atoms with E-state index in [-0.39, 0.29) is 53.1 Å². The van der Waals surface area contributed by atoms with Crippen LogP contribution in [0, 0.1) is 0 Å². The summed E-state index contributed by atoms with van der Waals surface area (Å²) >= 11 is 0. The number of benzene rings is 1. The first-order valence-corrected chi connectivity index (χ1v) is 8.61. The maximum absolute atomic E-state index is 12.1. The largest absolute Gasteiger partial charge is 0.490 e. The molecule has 0 bridgehead atoms. The number of hydrogen-bond acceptors (Lipinski definition) is 7. The minimum Gasteiger partial charge on any atom is -0.490 e. The Balaban J connectivity index is 3.68. The molecule has 0 N–H and O–H groups in total. The van der Waals surface area contributed by atoms with E-state index in [1.54, 1.807) is 20.8 Å². The smallest absolute Gasteiger partial charge is 0.338 e. The summed E-state index contributed by atoms with van der Waals surface area (Å²) in [5, 5.41) is 0. The van der Waals surface area contributed by atoms with Gasteiger partial charge in [-0.3, -0.25) is 0 Å². The van der Waals surface area contributed by atoms with Crippen LogP contribution in [0.15, 0.2) is 30.4 Å². The van der Waals surface area contributed by atoms with Gasteiger partial charge in [0.05, 0.1) is 19.8 Å². The molecule has 0 saturated heterocycles. The lowest BCUT2D eigenvalue weighted by molar-refractivity contribution is -0.130. The average Bonchev–Trinajstić information content (AvgIpc) is 2.60. The molecule has 0 atom stereocenters. The monoisotopic (exact) mass is 378 g/mol. The summed E-state index contributed by atoms with van der Waals surface area (Å²) in [6.45, 7) is 16.3. The van der Waals surface area contributed by atoms with Crippen LogP contribution in [0.4, 0.5) is 0 Å². The second kappa shape index (κ2) is 10.3. The molecule has 1 aromatic rings. The fourth-order valence-electron chi connectivity index (χ4n) is 1.94. The van der Waals surface area contributed by atoms with Crippen molar-refractivity contribution in [1.29, 1.82) is 0 Å². The van der Waals surface area contributed by atoms with Crippen molar-refractivity contribution < 1.29 is 33.3 Å². The predicted molar refractivity (Wildman–Crippen MR) is 101 cm³/mol. The first-order chi connectivity index (χ1) is 12.8. The molecular formula is C20H26O7. The van der Waals surface area contributed by atoms with Gasteiger partial charge < -0.3 is 23.7 Å². The molecule has 0 aliphatic heterocycles. The molecule has 27 heavy (non-hydrogen) atoms. The molecule has 1 aromatic carbocycles. The van der Waals surface area contributed by atoms with Gasteiger partial charge in [0.15, 0.2) is 11.5 Å². The molecule has 7 heteroatoms. The second-order valence-corrected chi connectivity index (χ2v) is 5.50. The summed E-state index contributed by atoms with van der Waals surface area (Å²) in [6.07, 6.45) is 0. The van der Waals surface area contributed by atoms with E-state index in [1.165, 1.54) is 19.9 Å². The number of rotatable bonds is 10. The molecule has 0 saturated carbocycles. The summed E-state index contributed by atoms with van der Waals surface area (Å²) in [5.74, 6) is -0.871. The molecule has 0 radical (unpaired) electrons. The van der Waals surface area contributed by atoms with Gasteiger partial charge in [0.2, 0.25) is 17.2 Å². The Hall–Kier alpha value is -2.96. The number of hydrogen-bond donors (Lipinski definition) is 0. The van der Waals surface area contributed by atoms with Gasteiger partial charge in [0, 0.05) is 17.2 Å². The summed E-state index contributed by atoms with van der Waals surface area (Å²) < 4.78 is 27.6. The number of carbonyl (C=O) groups is 2. The zero-order chi connectivity index (χ0) is 20.6. The fraction of sp³-hybridized carbons (Fsp3) is 0.400. The quantitative estimate of drug-likeness (QED) is 0.347. The molecule has 0 aliphatic carbocycles. The molecule has 0 unspecified atom stereocenters. The number of carbonyl (C=O) groups excluding carboxylic acids is 2. The first-order valence-electron chi connectivity index (χ1n) is 8.61. The maximum Gasteiger partial charge on any atom is 0.338 e. The van der Waals surface area contributed by atoms with Crippen LogP contribution >= 0.6 is 0 Å². The summed E-state index contributed by atoms with van der Waals surface area (Å²) in [6, 6.07) is 1.46. The third-order valence-corrected chi connectivity index (χ3v) is 3.09. The molecule has 7 nitrogen and oxygen atoms in total. The van der Waals surface area contributed by atoms with E-state index < -0.39 is 11.9 Å². The normalized spacial score (nSPS) is 9.96. The molecular weight excluding hydrogens is 352 g/mol. The highest BCUT2D eigenvalue weighted by molar-refractivity contribution is 5.91. The van der Waals surface area contributed by atoms with Crippen molar-refractivity contribution in [3.8, 4) is 28.7 Å². The van der Waals surface area contributed by atoms with E-state index in [1.807, 2.05) is 0 Å². The van der Waals surface area contributed by atoms with Crippen LogP contribution in [0.25, 0.3) is 0 Å². The molecule has 1 rings (SSSR count). The van der Waals surface area contributed by atoms with Crippen LogP contribution in [-0.2, 0) is 9.59 Å². The van der Waals surface area contributed by atoms with Crippen LogP contribution in [0.2, 0.25) is 0 Å². The van der Waals surface area contributed by atoms with E-state index in [4.69, 9.17) is 23.7 Å². The Morgan fingerprint density at radius 2 is 1.19 bits per heavy atom. The number of esters is 2. The third-order valence-electron chi connectivity index (χ3n) is 3.09. The highest BCUT2D eigenvalue weighted by Gasteiger charge is 2.28. The van der Waals surface area contributed by atoms with Gasteiger partial charge in [-0.15, -0.1) is 0 Å². The van der Waals surface area contributed by atoms with E-state index in [9.17, 15) is 9.59 Å². The highest BCUT2D eigenvalue weighted by atomic mass is 16.6. The molecule has 148 valence electrons. The lowest BCUT2D eigenvalue weighted by Gasteiger charge is -2.20. The van der Waals surface area contributed by atoms with Crippen molar-refractivity contribution in [2.24, 2.45) is 0 Å². The molecule has 0 amide bonds. The van der Waals surface area contributed by atoms with Crippen molar-refractivity contribution >= 4 is 11.9 Å². The van der Waals surface area contributed by atoms with Crippen molar-refractivity contribution in [2.45, 2.75) is 34.6 Å². The SMILES string of the molecule is C=C(C)C(=O)Oc1cc(OCC)c(OCC)c(OC(=O)C(=C)C)c1OCC. The lowest BCUT2D eigenvalue weighted by Crippen LogP contribution is -2.14. The standard InChI is InChI=1S/C20H26O7/c1-8-23-14-11-15(26-19(21)12(4)5)17(25-10-3)18(16(14)24-9-2)27-20(22)13(6)7/h11H,4,6,8-10H2,1-3,5,7H3. The van der Waals surface area contributed by atoms with Gasteiger partial charge in [-0.25, -0.2) is 9.59 Å². The first kappa shape index (κ1) is 22.1. The van der Waals surface area contributed by atoms with Gasteiger partial charge in [-0.1, -0.05) is 13.2 Å². The minimum absolute atomic E-state index is 0.0290. The highest BCUT2D eigenvalue weighted by Crippen LogP contribution is 2.51. The van der Waals surface area contributed by atoms with Crippen molar-refractivity contribution in [3.05, 3.63) is 30.4 Å². The summed E-state index contributed by atoms with van der Waals surface area (Å²) in [5.41, 5.74) is 0.381. The van der Waals surface area contributed by atoms with Gasteiger partial charge in [-0.2, -0.15) is 0 Å². The van der Waals surface area contributed by atoms with Gasteiger partial charge in [0.25, 0.3) is 0 Å². The van der Waals surface area contributed by atoms with Crippen LogP contribution < -0.4 is 23.7 Å². The molecule has 0 spiro atoms. The van der Waals surface area contributed by atoms with E-state index in [2.05, 4.69) is 13.2 Å². The van der Waals surface area contributed by atoms with E-state index >= 15 is 0 Å². The van der Waals surface area contributed by atoms with Gasteiger partial charge in [0.1, 0.15) is 0 Å². The Labute approximate surface area is 159 Å². The lowest BCUT2D eigenvalue weighted by atomic mass is 10.2. The number of ether oxygens (including phenoxy) is 5. The average molecular weight is 378 g/mol. The van der Waals surface area contributed by atoms with Crippen molar-refractivity contribution in [3.63, 3.8) is 0 Å². The topological polar surface area (TPSA) is 80.3 Å². The Bertz CT molecular complexity index is 734. The van der Waals surface area contributed by atoms with Crippen LogP contribution in [0.1, 0.15) is 34.6 Å². The minimum atomic E-state index is -0.678. The molecule has 0 aromatic heterocycles. The summed E-state index contributed by atoms with van der Waals surface area (Å²) in [4.78, 5) is 24.2. The van der Waals surface area contributed by atoms with Gasteiger partial charge in [-0.05, 0) is 34.6 Å². The van der Waals surface area contributed by atoms with Crippen molar-refractivity contribution in [2.75, 3.05) is 19.8 Å². The zero-order valence-electron chi connectivity index (χ0n) is 16.5. The van der Waals surface area contributed by atoms with Crippen LogP contribution in [0.3, 0.4) is 0 Å². The third kappa shape index (κ3) is 5.77. The Morgan fingerprint density at radius 1 is 0.741 bits per heavy atom. The second-order valence-electron chi connectivity index (χ2n) is 5.50. The fourth-order valence-corrected chi connectivity index (χ4v) is 1.94. The van der Waals surface area contributed by atoms with Crippen LogP contribution in [0.5, 0.6) is 28.7 Å². The molecule has 0 aliphatic rings. The summed E-state index contributed by atoms with van der Waals surface area (Å²) in [7, 11) is 0.